The molecular weight excluding hydrogens is 356 g/mol. The molecule has 3 aromatic carbocycles. The number of aryl methyl sites for hydroxylation is 3. The number of ether oxygens (including phenoxy) is 1. The molecule has 0 atom stereocenters. The molecule has 3 heteroatoms. The van der Waals surface area contributed by atoms with Gasteiger partial charge >= 0.3 is 0 Å². The highest BCUT2D eigenvalue weighted by Gasteiger charge is 2.32. The molecule has 1 aliphatic heterocycles. The van der Waals surface area contributed by atoms with Crippen molar-refractivity contribution in [3.05, 3.63) is 58.7 Å². The zero-order valence-corrected chi connectivity index (χ0v) is 18.1. The molecule has 0 radical (unpaired) electrons. The summed E-state index contributed by atoms with van der Waals surface area (Å²) >= 11 is 0. The van der Waals surface area contributed by atoms with Gasteiger partial charge < -0.3 is 4.74 Å². The number of aromatic nitrogens is 2. The smallest absolute Gasteiger partial charge is 0.294 e. The first-order chi connectivity index (χ1) is 13.8. The first kappa shape index (κ1) is 18.1. The molecule has 0 saturated heterocycles. The third-order valence-electron chi connectivity index (χ3n) is 6.11. The van der Waals surface area contributed by atoms with Crippen LogP contribution >= 0.6 is 0 Å². The highest BCUT2D eigenvalue weighted by Crippen LogP contribution is 2.47. The molecule has 4 aromatic rings. The standard InChI is InChI=1S/C26H27N2O/c1-14(2)9-18-7-8-21-20(13-18)27-26-25(28(21)6)23-17(5)16(4)12-19-10-15(3)11-22(29-26)24(19)23/h7-8,10-14H,9H2,1-6H3/q+1. The van der Waals surface area contributed by atoms with Crippen molar-refractivity contribution in [1.82, 2.24) is 4.98 Å². The summed E-state index contributed by atoms with van der Waals surface area (Å²) in [6, 6.07) is 13.3. The van der Waals surface area contributed by atoms with Crippen LogP contribution in [0.3, 0.4) is 0 Å². The van der Waals surface area contributed by atoms with Gasteiger partial charge in [0.15, 0.2) is 0 Å². The Morgan fingerprint density at radius 1 is 1.03 bits per heavy atom. The zero-order valence-electron chi connectivity index (χ0n) is 18.1. The van der Waals surface area contributed by atoms with Crippen molar-refractivity contribution in [2.24, 2.45) is 13.0 Å². The first-order valence-corrected chi connectivity index (χ1v) is 10.4. The fourth-order valence-corrected chi connectivity index (χ4v) is 4.68. The maximum Gasteiger partial charge on any atom is 0.294 e. The molecule has 3 nitrogen and oxygen atoms in total. The number of fused-ring (bicyclic) bond motifs is 3. The third-order valence-corrected chi connectivity index (χ3v) is 6.11. The lowest BCUT2D eigenvalue weighted by atomic mass is 9.90. The van der Waals surface area contributed by atoms with Gasteiger partial charge in [-0.25, -0.2) is 4.98 Å². The summed E-state index contributed by atoms with van der Waals surface area (Å²) in [5, 5.41) is 2.43. The first-order valence-electron chi connectivity index (χ1n) is 10.4. The van der Waals surface area contributed by atoms with Gasteiger partial charge in [-0.1, -0.05) is 32.0 Å². The molecule has 0 aliphatic carbocycles. The normalized spacial score (nSPS) is 12.5. The van der Waals surface area contributed by atoms with Crippen molar-refractivity contribution in [2.45, 2.75) is 41.0 Å². The molecule has 0 bridgehead atoms. The maximum atomic E-state index is 6.40. The Balaban J connectivity index is 1.86. The van der Waals surface area contributed by atoms with E-state index in [0.29, 0.717) is 11.8 Å². The quantitative estimate of drug-likeness (QED) is 0.344. The highest BCUT2D eigenvalue weighted by molar-refractivity contribution is 6.05. The van der Waals surface area contributed by atoms with Gasteiger partial charge in [0.1, 0.15) is 18.3 Å². The van der Waals surface area contributed by atoms with Crippen LogP contribution in [0.4, 0.5) is 0 Å². The number of benzene rings is 3. The molecule has 2 heterocycles. The van der Waals surface area contributed by atoms with Gasteiger partial charge in [0.05, 0.1) is 5.56 Å². The van der Waals surface area contributed by atoms with Crippen LogP contribution < -0.4 is 9.30 Å². The van der Waals surface area contributed by atoms with E-state index in [1.54, 1.807) is 0 Å². The molecular formula is C26H27N2O+. The van der Waals surface area contributed by atoms with E-state index in [0.717, 1.165) is 28.9 Å². The van der Waals surface area contributed by atoms with Crippen molar-refractivity contribution in [1.29, 1.82) is 0 Å². The Morgan fingerprint density at radius 2 is 1.83 bits per heavy atom. The minimum atomic E-state index is 0.619. The lowest BCUT2D eigenvalue weighted by Crippen LogP contribution is -2.34. The fraction of sp³-hybridized carbons (Fsp3) is 0.308. The van der Waals surface area contributed by atoms with Crippen molar-refractivity contribution < 1.29 is 9.30 Å². The van der Waals surface area contributed by atoms with Gasteiger partial charge in [0, 0.05) is 11.5 Å². The van der Waals surface area contributed by atoms with Gasteiger partial charge in [0.2, 0.25) is 5.52 Å². The number of nitrogens with zero attached hydrogens (tertiary/aromatic N) is 2. The molecule has 0 saturated carbocycles. The largest absolute Gasteiger partial charge is 0.433 e. The average molecular weight is 384 g/mol. The summed E-state index contributed by atoms with van der Waals surface area (Å²) < 4.78 is 8.65. The second kappa shape index (κ2) is 6.28. The maximum absolute atomic E-state index is 6.40. The summed E-state index contributed by atoms with van der Waals surface area (Å²) in [6.07, 6.45) is 1.05. The van der Waals surface area contributed by atoms with E-state index in [1.807, 2.05) is 0 Å². The molecule has 0 N–H and O–H groups in total. The minimum Gasteiger partial charge on any atom is -0.433 e. The van der Waals surface area contributed by atoms with Crippen molar-refractivity contribution >= 4 is 21.8 Å². The van der Waals surface area contributed by atoms with Crippen LogP contribution in [0.5, 0.6) is 11.6 Å². The predicted molar refractivity (Wildman–Crippen MR) is 119 cm³/mol. The second-order valence-electron chi connectivity index (χ2n) is 8.90. The average Bonchev–Trinajstić information content (AvgIpc) is 2.64. The Bertz CT molecular complexity index is 1320. The Hall–Kier alpha value is -2.94. The van der Waals surface area contributed by atoms with E-state index >= 15 is 0 Å². The SMILES string of the molecule is Cc1cc2c3c(c(C)c(C)cc3c1)-c1c(nc3cc(CC(C)C)ccc3[n+]1C)O2. The van der Waals surface area contributed by atoms with Crippen LogP contribution in [0, 0.1) is 26.7 Å². The lowest BCUT2D eigenvalue weighted by Gasteiger charge is -2.22. The summed E-state index contributed by atoms with van der Waals surface area (Å²) in [4.78, 5) is 4.99. The van der Waals surface area contributed by atoms with Crippen LogP contribution in [-0.4, -0.2) is 4.98 Å². The zero-order chi connectivity index (χ0) is 20.4. The van der Waals surface area contributed by atoms with Crippen LogP contribution in [-0.2, 0) is 13.5 Å². The van der Waals surface area contributed by atoms with Crippen molar-refractivity contribution in [2.75, 3.05) is 0 Å². The predicted octanol–water partition coefficient (Wildman–Crippen LogP) is 6.11. The molecule has 0 spiro atoms. The highest BCUT2D eigenvalue weighted by atomic mass is 16.5. The van der Waals surface area contributed by atoms with Crippen LogP contribution in [0.2, 0.25) is 0 Å². The Kier molecular flexibility index (Phi) is 3.92. The van der Waals surface area contributed by atoms with Gasteiger partial charge in [-0.15, -0.1) is 0 Å². The molecule has 5 rings (SSSR count). The van der Waals surface area contributed by atoms with E-state index in [2.05, 4.69) is 82.6 Å². The second-order valence-corrected chi connectivity index (χ2v) is 8.90. The molecule has 29 heavy (non-hydrogen) atoms. The Labute approximate surface area is 172 Å². The molecule has 0 fully saturated rings. The number of rotatable bonds is 2. The monoisotopic (exact) mass is 383 g/mol. The number of hydrogen-bond donors (Lipinski definition) is 0. The number of hydrogen-bond acceptors (Lipinski definition) is 2. The van der Waals surface area contributed by atoms with Crippen LogP contribution in [0.15, 0.2) is 36.4 Å². The van der Waals surface area contributed by atoms with E-state index in [-0.39, 0.29) is 0 Å². The van der Waals surface area contributed by atoms with E-state index in [1.165, 1.54) is 38.6 Å². The van der Waals surface area contributed by atoms with Crippen LogP contribution in [0.25, 0.3) is 33.1 Å². The lowest BCUT2D eigenvalue weighted by molar-refractivity contribution is -0.634. The third kappa shape index (κ3) is 2.71. The van der Waals surface area contributed by atoms with Gasteiger partial charge in [-0.3, -0.25) is 0 Å². The fourth-order valence-electron chi connectivity index (χ4n) is 4.68. The van der Waals surface area contributed by atoms with Gasteiger partial charge in [0.25, 0.3) is 11.6 Å². The summed E-state index contributed by atoms with van der Waals surface area (Å²) in [6.45, 7) is 11.0. The van der Waals surface area contributed by atoms with E-state index in [9.17, 15) is 0 Å². The topological polar surface area (TPSA) is 26.0 Å². The molecule has 146 valence electrons. The van der Waals surface area contributed by atoms with E-state index < -0.39 is 0 Å². The summed E-state index contributed by atoms with van der Waals surface area (Å²) in [7, 11) is 2.13. The van der Waals surface area contributed by atoms with Crippen LogP contribution in [0.1, 0.15) is 36.1 Å². The molecule has 0 amide bonds. The van der Waals surface area contributed by atoms with Crippen molar-refractivity contribution in [3.63, 3.8) is 0 Å². The van der Waals surface area contributed by atoms with Gasteiger partial charge in [-0.2, -0.15) is 4.57 Å². The van der Waals surface area contributed by atoms with Crippen molar-refractivity contribution in [3.8, 4) is 22.9 Å². The molecule has 1 aromatic heterocycles. The molecule has 1 aliphatic rings. The van der Waals surface area contributed by atoms with E-state index in [4.69, 9.17) is 9.72 Å². The minimum absolute atomic E-state index is 0.619. The Morgan fingerprint density at radius 3 is 2.59 bits per heavy atom. The molecule has 0 unspecified atom stereocenters. The summed E-state index contributed by atoms with van der Waals surface area (Å²) in [5.74, 6) is 2.23. The summed E-state index contributed by atoms with van der Waals surface area (Å²) in [5.41, 5.74) is 9.54. The van der Waals surface area contributed by atoms with Gasteiger partial charge in [-0.05, 0) is 72.9 Å².